The third kappa shape index (κ3) is 4.48. The summed E-state index contributed by atoms with van der Waals surface area (Å²) in [5.41, 5.74) is -0.0322. The maximum absolute atomic E-state index is 13.1. The second-order valence-corrected chi connectivity index (χ2v) is 7.14. The third-order valence-electron chi connectivity index (χ3n) is 3.04. The highest BCUT2D eigenvalue weighted by Crippen LogP contribution is 2.21. The van der Waals surface area contributed by atoms with Crippen LogP contribution in [0.4, 0.5) is 20.3 Å². The molecular weight excluding hydrogens is 340 g/mol. The van der Waals surface area contributed by atoms with Gasteiger partial charge < -0.3 is 10.2 Å². The highest BCUT2D eigenvalue weighted by molar-refractivity contribution is 7.90. The Morgan fingerprint density at radius 3 is 2.46 bits per heavy atom. The van der Waals surface area contributed by atoms with Crippen LogP contribution in [0.25, 0.3) is 0 Å². The SMILES string of the molecule is CN(CC(=O)Nc1cc(F)cc(F)c1)c1ncccc1S(C)(=O)=O. The van der Waals surface area contributed by atoms with Crippen LogP contribution in [0.15, 0.2) is 41.4 Å². The number of hydrogen-bond acceptors (Lipinski definition) is 5. The summed E-state index contributed by atoms with van der Waals surface area (Å²) in [7, 11) is -2.03. The number of amides is 1. The molecule has 0 aliphatic heterocycles. The Labute approximate surface area is 138 Å². The Morgan fingerprint density at radius 2 is 1.88 bits per heavy atom. The van der Waals surface area contributed by atoms with Crippen molar-refractivity contribution in [2.24, 2.45) is 0 Å². The predicted octanol–water partition coefficient (Wildman–Crippen LogP) is 1.84. The second kappa shape index (κ2) is 6.91. The fourth-order valence-electron chi connectivity index (χ4n) is 2.08. The molecular formula is C15H15F2N3O3S. The van der Waals surface area contributed by atoms with Crippen LogP contribution in [0.5, 0.6) is 0 Å². The standard InChI is InChI=1S/C15H15F2N3O3S/c1-20(15-13(24(2,22)23)4-3-5-18-15)9-14(21)19-12-7-10(16)6-11(17)8-12/h3-8H,9H2,1-2H3,(H,19,21). The lowest BCUT2D eigenvalue weighted by Gasteiger charge is -2.19. The van der Waals surface area contributed by atoms with Gasteiger partial charge in [-0.25, -0.2) is 22.2 Å². The van der Waals surface area contributed by atoms with Crippen molar-refractivity contribution in [3.8, 4) is 0 Å². The number of benzene rings is 1. The van der Waals surface area contributed by atoms with E-state index in [1.165, 1.54) is 30.3 Å². The maximum atomic E-state index is 13.1. The van der Waals surface area contributed by atoms with Gasteiger partial charge in [-0.15, -0.1) is 0 Å². The van der Waals surface area contributed by atoms with Gasteiger partial charge in [0.1, 0.15) is 22.3 Å². The van der Waals surface area contributed by atoms with Gasteiger partial charge in [0.15, 0.2) is 9.84 Å². The first-order valence-corrected chi connectivity index (χ1v) is 8.68. The lowest BCUT2D eigenvalue weighted by molar-refractivity contribution is -0.114. The minimum absolute atomic E-state index is 0.0166. The van der Waals surface area contributed by atoms with Gasteiger partial charge in [-0.2, -0.15) is 0 Å². The van der Waals surface area contributed by atoms with E-state index in [2.05, 4.69) is 10.3 Å². The number of carbonyl (C=O) groups is 1. The van der Waals surface area contributed by atoms with Crippen LogP contribution < -0.4 is 10.2 Å². The number of nitrogens with zero attached hydrogens (tertiary/aromatic N) is 2. The first-order chi connectivity index (χ1) is 11.2. The van der Waals surface area contributed by atoms with E-state index in [0.717, 1.165) is 18.4 Å². The minimum atomic E-state index is -3.52. The number of sulfone groups is 1. The number of nitrogens with one attached hydrogen (secondary N) is 1. The van der Waals surface area contributed by atoms with Crippen molar-refractivity contribution in [3.63, 3.8) is 0 Å². The summed E-state index contributed by atoms with van der Waals surface area (Å²) in [4.78, 5) is 17.3. The molecule has 1 aromatic carbocycles. The van der Waals surface area contributed by atoms with Gasteiger partial charge in [0, 0.05) is 31.3 Å². The quantitative estimate of drug-likeness (QED) is 0.885. The number of aromatic nitrogens is 1. The molecule has 0 fully saturated rings. The van der Waals surface area contributed by atoms with Crippen LogP contribution in [0.3, 0.4) is 0 Å². The zero-order chi connectivity index (χ0) is 17.9. The second-order valence-electron chi connectivity index (χ2n) is 5.16. The molecule has 6 nitrogen and oxygen atoms in total. The number of likely N-dealkylation sites (N-methyl/N-ethyl adjacent to an activating group) is 1. The predicted molar refractivity (Wildman–Crippen MR) is 85.6 cm³/mol. The summed E-state index contributed by atoms with van der Waals surface area (Å²) >= 11 is 0. The summed E-state index contributed by atoms with van der Waals surface area (Å²) in [5.74, 6) is -2.10. The van der Waals surface area contributed by atoms with Gasteiger partial charge in [0.05, 0.1) is 6.54 Å². The molecule has 0 aliphatic carbocycles. The number of pyridine rings is 1. The molecule has 0 unspecified atom stereocenters. The van der Waals surface area contributed by atoms with Crippen LogP contribution >= 0.6 is 0 Å². The van der Waals surface area contributed by atoms with Crippen molar-refractivity contribution in [1.29, 1.82) is 0 Å². The van der Waals surface area contributed by atoms with Crippen molar-refractivity contribution in [2.45, 2.75) is 4.90 Å². The normalized spacial score (nSPS) is 11.2. The van der Waals surface area contributed by atoms with Crippen molar-refractivity contribution < 1.29 is 22.0 Å². The smallest absolute Gasteiger partial charge is 0.243 e. The molecule has 1 aromatic heterocycles. The van der Waals surface area contributed by atoms with Crippen molar-refractivity contribution in [1.82, 2.24) is 4.98 Å². The van der Waals surface area contributed by atoms with Gasteiger partial charge in [0.2, 0.25) is 5.91 Å². The summed E-state index contributed by atoms with van der Waals surface area (Å²) < 4.78 is 49.7. The molecule has 1 amide bonds. The topological polar surface area (TPSA) is 79.4 Å². The summed E-state index contributed by atoms with van der Waals surface area (Å²) in [6.45, 7) is -0.252. The molecule has 128 valence electrons. The van der Waals surface area contributed by atoms with E-state index in [0.29, 0.717) is 6.07 Å². The number of rotatable bonds is 5. The molecule has 1 N–H and O–H groups in total. The zero-order valence-corrected chi connectivity index (χ0v) is 13.8. The minimum Gasteiger partial charge on any atom is -0.349 e. The van der Waals surface area contributed by atoms with E-state index in [9.17, 15) is 22.0 Å². The van der Waals surface area contributed by atoms with E-state index >= 15 is 0 Å². The zero-order valence-electron chi connectivity index (χ0n) is 13.0. The molecule has 2 aromatic rings. The Bertz CT molecular complexity index is 852. The number of carbonyl (C=O) groups excluding carboxylic acids is 1. The van der Waals surface area contributed by atoms with Gasteiger partial charge in [-0.05, 0) is 24.3 Å². The van der Waals surface area contributed by atoms with Crippen LogP contribution in [0.2, 0.25) is 0 Å². The summed E-state index contributed by atoms with van der Waals surface area (Å²) in [6, 6.07) is 5.50. The summed E-state index contributed by atoms with van der Waals surface area (Å²) in [5, 5.41) is 2.34. The monoisotopic (exact) mass is 355 g/mol. The van der Waals surface area contributed by atoms with Gasteiger partial charge in [-0.3, -0.25) is 4.79 Å². The number of hydrogen-bond donors (Lipinski definition) is 1. The number of halogens is 2. The highest BCUT2D eigenvalue weighted by atomic mass is 32.2. The Morgan fingerprint density at radius 1 is 1.25 bits per heavy atom. The van der Waals surface area contributed by atoms with Crippen molar-refractivity contribution >= 4 is 27.2 Å². The Balaban J connectivity index is 2.15. The fraction of sp³-hybridized carbons (Fsp3) is 0.200. The van der Waals surface area contributed by atoms with Crippen LogP contribution in [0.1, 0.15) is 0 Å². The molecule has 0 bridgehead atoms. The fourth-order valence-corrected chi connectivity index (χ4v) is 2.94. The van der Waals surface area contributed by atoms with E-state index in [1.54, 1.807) is 0 Å². The van der Waals surface area contributed by atoms with Crippen LogP contribution in [-0.4, -0.2) is 39.2 Å². The Hall–Kier alpha value is -2.55. The van der Waals surface area contributed by atoms with Gasteiger partial charge in [-0.1, -0.05) is 0 Å². The molecule has 2 rings (SSSR count). The van der Waals surface area contributed by atoms with Crippen molar-refractivity contribution in [3.05, 3.63) is 48.2 Å². The van der Waals surface area contributed by atoms with Gasteiger partial charge in [0.25, 0.3) is 0 Å². The molecule has 0 saturated heterocycles. The highest BCUT2D eigenvalue weighted by Gasteiger charge is 2.19. The maximum Gasteiger partial charge on any atom is 0.243 e. The average molecular weight is 355 g/mol. The van der Waals surface area contributed by atoms with E-state index in [-0.39, 0.29) is 22.9 Å². The first-order valence-electron chi connectivity index (χ1n) is 6.79. The molecule has 0 spiro atoms. The summed E-state index contributed by atoms with van der Waals surface area (Å²) in [6.07, 6.45) is 2.44. The largest absolute Gasteiger partial charge is 0.349 e. The number of anilines is 2. The van der Waals surface area contributed by atoms with Gasteiger partial charge >= 0.3 is 0 Å². The molecule has 0 saturated carbocycles. The van der Waals surface area contributed by atoms with E-state index in [1.807, 2.05) is 0 Å². The lowest BCUT2D eigenvalue weighted by Crippen LogP contribution is -2.31. The molecule has 0 atom stereocenters. The van der Waals surface area contributed by atoms with Crippen molar-refractivity contribution in [2.75, 3.05) is 30.1 Å². The third-order valence-corrected chi connectivity index (χ3v) is 4.16. The van der Waals surface area contributed by atoms with Crippen LogP contribution in [-0.2, 0) is 14.6 Å². The lowest BCUT2D eigenvalue weighted by atomic mass is 10.3. The molecule has 24 heavy (non-hydrogen) atoms. The average Bonchev–Trinajstić information content (AvgIpc) is 2.45. The Kier molecular flexibility index (Phi) is 5.13. The van der Waals surface area contributed by atoms with E-state index < -0.39 is 27.4 Å². The van der Waals surface area contributed by atoms with Crippen LogP contribution in [0, 0.1) is 11.6 Å². The molecule has 1 heterocycles. The first kappa shape index (κ1) is 17.8. The molecule has 0 radical (unpaired) electrons. The van der Waals surface area contributed by atoms with E-state index in [4.69, 9.17) is 0 Å². The molecule has 9 heteroatoms. The molecule has 0 aliphatic rings.